The number of methoxy groups -OCH3 is 2. The van der Waals surface area contributed by atoms with Crippen molar-refractivity contribution in [1.29, 1.82) is 0 Å². The minimum absolute atomic E-state index is 0.0122. The molecule has 3 aromatic rings. The predicted octanol–water partition coefficient (Wildman–Crippen LogP) is 4.05. The van der Waals surface area contributed by atoms with E-state index in [4.69, 9.17) is 20.3 Å². The lowest BCUT2D eigenvalue weighted by Gasteiger charge is -2.39. The van der Waals surface area contributed by atoms with Crippen LogP contribution in [0.2, 0.25) is 0 Å². The number of nitrogens with two attached hydrogens (primary N) is 1. The molecule has 0 atom stereocenters. The van der Waals surface area contributed by atoms with Gasteiger partial charge in [0.1, 0.15) is 17.0 Å². The maximum Gasteiger partial charge on any atom is 0.251 e. The lowest BCUT2D eigenvalue weighted by atomic mass is 9.81. The molecule has 1 aliphatic carbocycles. The molecular formula is C35H47N9O4. The highest BCUT2D eigenvalue weighted by molar-refractivity contribution is 5.93. The molecule has 2 amide bonds. The first-order valence-corrected chi connectivity index (χ1v) is 17.0. The van der Waals surface area contributed by atoms with E-state index in [1.54, 1.807) is 31.3 Å². The van der Waals surface area contributed by atoms with Gasteiger partial charge in [-0.25, -0.2) is 4.98 Å². The summed E-state index contributed by atoms with van der Waals surface area (Å²) in [5.74, 6) is 2.94. The van der Waals surface area contributed by atoms with Crippen LogP contribution < -0.4 is 25.4 Å². The Kier molecular flexibility index (Phi) is 10.0. The van der Waals surface area contributed by atoms with Crippen LogP contribution >= 0.6 is 0 Å². The molecule has 0 unspecified atom stereocenters. The van der Waals surface area contributed by atoms with Crippen LogP contribution in [-0.2, 0) is 16.1 Å². The van der Waals surface area contributed by atoms with Crippen LogP contribution in [0.15, 0.2) is 42.8 Å². The summed E-state index contributed by atoms with van der Waals surface area (Å²) < 4.78 is 13.6. The Labute approximate surface area is 281 Å². The van der Waals surface area contributed by atoms with Crippen molar-refractivity contribution in [3.63, 3.8) is 0 Å². The number of ether oxygens (including phenoxy) is 2. The number of nitrogen functional groups attached to an aromatic ring is 1. The average molecular weight is 658 g/mol. The second-order valence-electron chi connectivity index (χ2n) is 12.9. The first kappa shape index (κ1) is 33.1. The van der Waals surface area contributed by atoms with E-state index in [2.05, 4.69) is 33.7 Å². The zero-order chi connectivity index (χ0) is 33.8. The number of aromatic nitrogens is 4. The van der Waals surface area contributed by atoms with Gasteiger partial charge in [0, 0.05) is 74.8 Å². The zero-order valence-electron chi connectivity index (χ0n) is 28.3. The van der Waals surface area contributed by atoms with E-state index in [9.17, 15) is 9.59 Å². The number of nitrogens with one attached hydrogen (secondary N) is 1. The van der Waals surface area contributed by atoms with Crippen LogP contribution in [-0.4, -0.2) is 94.9 Å². The molecule has 48 heavy (non-hydrogen) atoms. The van der Waals surface area contributed by atoms with E-state index in [0.29, 0.717) is 60.4 Å². The van der Waals surface area contributed by atoms with Gasteiger partial charge in [-0.05, 0) is 44.1 Å². The van der Waals surface area contributed by atoms with E-state index in [-0.39, 0.29) is 23.7 Å². The van der Waals surface area contributed by atoms with Crippen molar-refractivity contribution >= 4 is 40.3 Å². The molecule has 0 spiro atoms. The third-order valence-electron chi connectivity index (χ3n) is 9.79. The smallest absolute Gasteiger partial charge is 0.251 e. The van der Waals surface area contributed by atoms with Gasteiger partial charge in [0.2, 0.25) is 11.9 Å². The fourth-order valence-corrected chi connectivity index (χ4v) is 7.03. The molecule has 13 heteroatoms. The Morgan fingerprint density at radius 1 is 1.04 bits per heavy atom. The second-order valence-corrected chi connectivity index (χ2v) is 12.9. The molecule has 13 nitrogen and oxygen atoms in total. The molecule has 2 fully saturated rings. The second kappa shape index (κ2) is 14.5. The molecule has 1 saturated carbocycles. The van der Waals surface area contributed by atoms with E-state index in [0.717, 1.165) is 75.1 Å². The highest BCUT2D eigenvalue weighted by Gasteiger charge is 2.33. The van der Waals surface area contributed by atoms with Crippen LogP contribution in [0.5, 0.6) is 11.5 Å². The number of nitrogens with zero attached hydrogens (tertiary/aromatic N) is 7. The predicted molar refractivity (Wildman–Crippen MR) is 186 cm³/mol. The molecule has 6 rings (SSSR count). The Morgan fingerprint density at radius 3 is 2.38 bits per heavy atom. The summed E-state index contributed by atoms with van der Waals surface area (Å²) in [6.07, 6.45) is 10.9. The Morgan fingerprint density at radius 2 is 1.75 bits per heavy atom. The van der Waals surface area contributed by atoms with Crippen molar-refractivity contribution in [3.8, 4) is 11.5 Å². The molecule has 3 N–H and O–H groups in total. The molecule has 0 bridgehead atoms. The van der Waals surface area contributed by atoms with E-state index < -0.39 is 0 Å². The van der Waals surface area contributed by atoms with Crippen molar-refractivity contribution in [2.45, 2.75) is 52.0 Å². The number of carbonyl (C=O) groups excluding carboxylic acids is 2. The summed E-state index contributed by atoms with van der Waals surface area (Å²) >= 11 is 0. The standard InChI is InChI=1S/C35H47N9O4/c1-5-6-13-37-33-32-28(38-35(36)39-33)22-43(40-32)21-27-29(47-3)18-26(19-30(27)48-4)41-14-16-42(17-15-41)34(46)25-10-8-24(9-11-25)20-44-23(2)7-12-31(44)45/h7,12,18-19,22,24-25H,2,5-6,8-11,13-17,20-21H2,1,3-4H3,(H3,36,37,38,39). The first-order chi connectivity index (χ1) is 23.3. The monoisotopic (exact) mass is 657 g/mol. The minimum Gasteiger partial charge on any atom is -0.496 e. The summed E-state index contributed by atoms with van der Waals surface area (Å²) in [7, 11) is 3.32. The number of hydrogen-bond donors (Lipinski definition) is 2. The summed E-state index contributed by atoms with van der Waals surface area (Å²) in [5.41, 5.74) is 9.93. The molecule has 1 aromatic carbocycles. The number of unbranched alkanes of at least 4 members (excludes halogenated alkanes) is 1. The average Bonchev–Trinajstić information content (AvgIpc) is 3.66. The highest BCUT2D eigenvalue weighted by atomic mass is 16.5. The van der Waals surface area contributed by atoms with Gasteiger partial charge in [0.15, 0.2) is 11.3 Å². The number of benzene rings is 1. The summed E-state index contributed by atoms with van der Waals surface area (Å²) in [6, 6.07) is 4.06. The van der Waals surface area contributed by atoms with Crippen LogP contribution in [0, 0.1) is 11.8 Å². The zero-order valence-corrected chi connectivity index (χ0v) is 28.3. The normalized spacial score (nSPS) is 19.8. The fourth-order valence-electron chi connectivity index (χ4n) is 7.03. The topological polar surface area (TPSA) is 144 Å². The largest absolute Gasteiger partial charge is 0.496 e. The Balaban J connectivity index is 1.08. The number of allylic oxidation sites excluding steroid dienone is 1. The molecule has 2 aromatic heterocycles. The lowest BCUT2D eigenvalue weighted by molar-refractivity contribution is -0.137. The minimum atomic E-state index is 0.0122. The number of carbonyl (C=O) groups is 2. The van der Waals surface area contributed by atoms with Gasteiger partial charge in [0.25, 0.3) is 5.91 Å². The quantitative estimate of drug-likeness (QED) is 0.274. The van der Waals surface area contributed by atoms with Crippen LogP contribution in [0.1, 0.15) is 51.0 Å². The number of fused-ring (bicyclic) bond motifs is 1. The molecule has 256 valence electrons. The number of amides is 2. The van der Waals surface area contributed by atoms with Crippen molar-refractivity contribution in [1.82, 2.24) is 29.5 Å². The number of hydrogen-bond acceptors (Lipinski definition) is 10. The van der Waals surface area contributed by atoms with Crippen molar-refractivity contribution in [2.24, 2.45) is 11.8 Å². The molecular weight excluding hydrogens is 610 g/mol. The van der Waals surface area contributed by atoms with Gasteiger partial charge >= 0.3 is 0 Å². The van der Waals surface area contributed by atoms with E-state index in [1.165, 1.54) is 0 Å². The highest BCUT2D eigenvalue weighted by Crippen LogP contribution is 2.37. The maximum absolute atomic E-state index is 13.5. The van der Waals surface area contributed by atoms with Gasteiger partial charge < -0.3 is 35.2 Å². The Hall–Kier alpha value is -4.81. The van der Waals surface area contributed by atoms with Crippen LogP contribution in [0.3, 0.4) is 0 Å². The van der Waals surface area contributed by atoms with E-state index in [1.807, 2.05) is 27.9 Å². The Bertz CT molecular complexity index is 1640. The van der Waals surface area contributed by atoms with Gasteiger partial charge in [0.05, 0.1) is 32.5 Å². The van der Waals surface area contributed by atoms with Crippen LogP contribution in [0.25, 0.3) is 11.0 Å². The molecule has 1 saturated heterocycles. The summed E-state index contributed by atoms with van der Waals surface area (Å²) in [5, 5.41) is 8.12. The first-order valence-electron chi connectivity index (χ1n) is 17.0. The third-order valence-corrected chi connectivity index (χ3v) is 9.79. The van der Waals surface area contributed by atoms with Gasteiger partial charge in [-0.2, -0.15) is 10.1 Å². The van der Waals surface area contributed by atoms with Crippen molar-refractivity contribution in [3.05, 3.63) is 48.3 Å². The number of rotatable bonds is 12. The maximum atomic E-state index is 13.5. The summed E-state index contributed by atoms with van der Waals surface area (Å²) in [4.78, 5) is 40.4. The lowest BCUT2D eigenvalue weighted by Crippen LogP contribution is -2.51. The fraction of sp³-hybridized carbons (Fsp3) is 0.514. The number of anilines is 3. The van der Waals surface area contributed by atoms with Crippen molar-refractivity contribution in [2.75, 3.05) is 69.4 Å². The molecule has 2 aliphatic heterocycles. The van der Waals surface area contributed by atoms with Crippen LogP contribution in [0.4, 0.5) is 17.5 Å². The van der Waals surface area contributed by atoms with Gasteiger partial charge in [-0.15, -0.1) is 0 Å². The molecule has 4 heterocycles. The SMILES string of the molecule is C=C1C=CC(=O)N1CC1CCC(C(=O)N2CCN(c3cc(OC)c(Cn4cc5nc(N)nc(NCCCC)c5n4)c(OC)c3)CC2)CC1. The third kappa shape index (κ3) is 7.04. The van der Waals surface area contributed by atoms with E-state index >= 15 is 0 Å². The number of piperazine rings is 1. The van der Waals surface area contributed by atoms with Gasteiger partial charge in [-0.3, -0.25) is 14.3 Å². The summed E-state index contributed by atoms with van der Waals surface area (Å²) in [6.45, 7) is 10.8. The molecule has 3 aliphatic rings. The molecule has 0 radical (unpaired) electrons. The van der Waals surface area contributed by atoms with Crippen molar-refractivity contribution < 1.29 is 19.1 Å². The van der Waals surface area contributed by atoms with Gasteiger partial charge in [-0.1, -0.05) is 19.9 Å².